The van der Waals surface area contributed by atoms with Gasteiger partial charge in [-0.1, -0.05) is 0 Å². The molecule has 0 radical (unpaired) electrons. The summed E-state index contributed by atoms with van der Waals surface area (Å²) in [5, 5.41) is 6.71. The van der Waals surface area contributed by atoms with Gasteiger partial charge in [0.1, 0.15) is 0 Å². The quantitative estimate of drug-likeness (QED) is 0.846. The third-order valence-electron chi connectivity index (χ3n) is 5.44. The van der Waals surface area contributed by atoms with Gasteiger partial charge in [0.25, 0.3) is 0 Å². The molecule has 0 atom stereocenters. The molecule has 154 valence electrons. The summed E-state index contributed by atoms with van der Waals surface area (Å²) in [7, 11) is 0. The van der Waals surface area contributed by atoms with Crippen LogP contribution in [0.3, 0.4) is 0 Å². The highest BCUT2D eigenvalue weighted by molar-refractivity contribution is 5.95. The van der Waals surface area contributed by atoms with Crippen LogP contribution in [-0.4, -0.2) is 39.6 Å². The first-order valence-corrected chi connectivity index (χ1v) is 9.64. The van der Waals surface area contributed by atoms with Gasteiger partial charge in [-0.25, -0.2) is 4.68 Å². The number of hydrogen-bond acceptors (Lipinski definition) is 3. The molecule has 1 saturated heterocycles. The number of carbonyl (C=O) groups excluding carboxylic acids is 2. The Hall–Kier alpha value is -2.84. The molecular formula is C20H21F3N4O2. The van der Waals surface area contributed by atoms with Crippen molar-refractivity contribution in [1.29, 1.82) is 0 Å². The van der Waals surface area contributed by atoms with E-state index in [1.165, 1.54) is 16.9 Å². The standard InChI is InChI=1S/C20H21F3N4O2/c21-20(22,23)15-4-5-17(27-9-1-8-24-27)16(12-15)25-18(28)13-6-10-26(11-7-13)19(29)14-2-3-14/h1,4-5,8-9,12-14H,2-3,6-7,10-11H2,(H,25,28). The number of anilines is 1. The maximum Gasteiger partial charge on any atom is 0.416 e. The van der Waals surface area contributed by atoms with Crippen LogP contribution in [0, 0.1) is 11.8 Å². The zero-order chi connectivity index (χ0) is 20.6. The molecule has 6 nitrogen and oxygen atoms in total. The number of piperidine rings is 1. The van der Waals surface area contributed by atoms with Crippen LogP contribution in [0.2, 0.25) is 0 Å². The second kappa shape index (κ2) is 7.53. The molecule has 1 saturated carbocycles. The van der Waals surface area contributed by atoms with Crippen molar-refractivity contribution >= 4 is 17.5 Å². The third kappa shape index (κ3) is 4.28. The van der Waals surface area contributed by atoms with Gasteiger partial charge < -0.3 is 10.2 Å². The van der Waals surface area contributed by atoms with Crippen molar-refractivity contribution in [2.45, 2.75) is 31.9 Å². The SMILES string of the molecule is O=C(Nc1cc(C(F)(F)F)ccc1-n1cccn1)C1CCN(C(=O)C2CC2)CC1. The summed E-state index contributed by atoms with van der Waals surface area (Å²) >= 11 is 0. The van der Waals surface area contributed by atoms with E-state index >= 15 is 0 Å². The number of benzene rings is 1. The summed E-state index contributed by atoms with van der Waals surface area (Å²) in [6.45, 7) is 1.00. The summed E-state index contributed by atoms with van der Waals surface area (Å²) in [4.78, 5) is 26.7. The summed E-state index contributed by atoms with van der Waals surface area (Å²) in [5.74, 6) is -0.390. The van der Waals surface area contributed by atoms with Crippen LogP contribution in [0.25, 0.3) is 5.69 Å². The second-order valence-corrected chi connectivity index (χ2v) is 7.54. The number of nitrogens with one attached hydrogen (secondary N) is 1. The van der Waals surface area contributed by atoms with Crippen molar-refractivity contribution in [3.63, 3.8) is 0 Å². The van der Waals surface area contributed by atoms with Crippen LogP contribution in [0.4, 0.5) is 18.9 Å². The molecule has 1 aromatic carbocycles. The Morgan fingerprint density at radius 3 is 2.38 bits per heavy atom. The van der Waals surface area contributed by atoms with Crippen LogP contribution in [0.1, 0.15) is 31.2 Å². The molecule has 1 N–H and O–H groups in total. The minimum absolute atomic E-state index is 0.0602. The molecule has 1 aliphatic heterocycles. The summed E-state index contributed by atoms with van der Waals surface area (Å²) in [6, 6.07) is 4.84. The van der Waals surface area contributed by atoms with E-state index in [-0.39, 0.29) is 29.3 Å². The minimum atomic E-state index is -4.52. The lowest BCUT2D eigenvalue weighted by molar-refractivity contribution is -0.137. The topological polar surface area (TPSA) is 67.2 Å². The van der Waals surface area contributed by atoms with Crippen LogP contribution < -0.4 is 5.32 Å². The normalized spacial score (nSPS) is 18.0. The van der Waals surface area contributed by atoms with Crippen molar-refractivity contribution in [3.05, 3.63) is 42.2 Å². The van der Waals surface area contributed by atoms with E-state index in [0.29, 0.717) is 31.6 Å². The fraction of sp³-hybridized carbons (Fsp3) is 0.450. The van der Waals surface area contributed by atoms with Gasteiger partial charge in [-0.05, 0) is 49.9 Å². The predicted molar refractivity (Wildman–Crippen MR) is 99.2 cm³/mol. The van der Waals surface area contributed by atoms with Gasteiger partial charge in [0.15, 0.2) is 0 Å². The number of carbonyl (C=O) groups is 2. The smallest absolute Gasteiger partial charge is 0.342 e. The number of likely N-dealkylation sites (tertiary alicyclic amines) is 1. The van der Waals surface area contributed by atoms with E-state index in [2.05, 4.69) is 10.4 Å². The molecule has 2 aromatic rings. The number of rotatable bonds is 4. The van der Waals surface area contributed by atoms with Crippen LogP contribution in [-0.2, 0) is 15.8 Å². The largest absolute Gasteiger partial charge is 0.416 e. The average Bonchev–Trinajstić information content (AvgIpc) is 3.41. The molecule has 2 aliphatic rings. The van der Waals surface area contributed by atoms with Crippen molar-refractivity contribution in [3.8, 4) is 5.69 Å². The molecule has 2 fully saturated rings. The van der Waals surface area contributed by atoms with Crippen molar-refractivity contribution in [1.82, 2.24) is 14.7 Å². The molecule has 2 amide bonds. The molecule has 1 aromatic heterocycles. The van der Waals surface area contributed by atoms with Crippen molar-refractivity contribution in [2.75, 3.05) is 18.4 Å². The van der Waals surface area contributed by atoms with E-state index in [1.54, 1.807) is 17.2 Å². The van der Waals surface area contributed by atoms with Gasteiger partial charge in [-0.3, -0.25) is 9.59 Å². The summed E-state index contributed by atoms with van der Waals surface area (Å²) < 4.78 is 40.9. The van der Waals surface area contributed by atoms with E-state index in [0.717, 1.165) is 25.0 Å². The molecule has 9 heteroatoms. The van der Waals surface area contributed by atoms with E-state index < -0.39 is 11.7 Å². The monoisotopic (exact) mass is 406 g/mol. The molecular weight excluding hydrogens is 385 g/mol. The van der Waals surface area contributed by atoms with Gasteiger partial charge in [0.05, 0.1) is 16.9 Å². The maximum absolute atomic E-state index is 13.2. The second-order valence-electron chi connectivity index (χ2n) is 7.54. The fourth-order valence-electron chi connectivity index (χ4n) is 3.61. The Balaban J connectivity index is 1.49. The number of halogens is 3. The first-order valence-electron chi connectivity index (χ1n) is 9.64. The Bertz CT molecular complexity index is 899. The predicted octanol–water partition coefficient (Wildman–Crippen LogP) is 3.48. The van der Waals surface area contributed by atoms with Gasteiger partial charge in [-0.15, -0.1) is 0 Å². The number of aromatic nitrogens is 2. The van der Waals surface area contributed by atoms with Crippen LogP contribution in [0.15, 0.2) is 36.7 Å². The number of alkyl halides is 3. The molecule has 29 heavy (non-hydrogen) atoms. The molecule has 0 bridgehead atoms. The van der Waals surface area contributed by atoms with Crippen LogP contribution in [0.5, 0.6) is 0 Å². The van der Waals surface area contributed by atoms with Crippen molar-refractivity contribution < 1.29 is 22.8 Å². The zero-order valence-corrected chi connectivity index (χ0v) is 15.7. The Morgan fingerprint density at radius 2 is 1.79 bits per heavy atom. The van der Waals surface area contributed by atoms with E-state index in [4.69, 9.17) is 0 Å². The van der Waals surface area contributed by atoms with Gasteiger partial charge >= 0.3 is 6.18 Å². The highest BCUT2D eigenvalue weighted by Crippen LogP contribution is 2.35. The van der Waals surface area contributed by atoms with Gasteiger partial charge in [0.2, 0.25) is 11.8 Å². The Morgan fingerprint density at radius 1 is 1.07 bits per heavy atom. The lowest BCUT2D eigenvalue weighted by Crippen LogP contribution is -2.42. The highest BCUT2D eigenvalue weighted by atomic mass is 19.4. The lowest BCUT2D eigenvalue weighted by atomic mass is 9.95. The number of hydrogen-bond donors (Lipinski definition) is 1. The first-order chi connectivity index (χ1) is 13.8. The zero-order valence-electron chi connectivity index (χ0n) is 15.7. The average molecular weight is 406 g/mol. The Kier molecular flexibility index (Phi) is 5.06. The molecule has 0 unspecified atom stereocenters. The summed E-state index contributed by atoms with van der Waals surface area (Å²) in [6.07, 6.45) is 1.46. The summed E-state index contributed by atoms with van der Waals surface area (Å²) in [5.41, 5.74) is -0.420. The molecule has 0 spiro atoms. The van der Waals surface area contributed by atoms with Crippen molar-refractivity contribution in [2.24, 2.45) is 11.8 Å². The lowest BCUT2D eigenvalue weighted by Gasteiger charge is -2.31. The highest BCUT2D eigenvalue weighted by Gasteiger charge is 2.36. The molecule has 1 aliphatic carbocycles. The minimum Gasteiger partial charge on any atom is -0.342 e. The van der Waals surface area contributed by atoms with Crippen LogP contribution >= 0.6 is 0 Å². The van der Waals surface area contributed by atoms with E-state index in [1.807, 2.05) is 0 Å². The molecule has 4 rings (SSSR count). The first kappa shape index (κ1) is 19.5. The fourth-order valence-corrected chi connectivity index (χ4v) is 3.61. The number of nitrogens with zero attached hydrogens (tertiary/aromatic N) is 3. The Labute approximate surface area is 165 Å². The van der Waals surface area contributed by atoms with Gasteiger partial charge in [-0.2, -0.15) is 18.3 Å². The maximum atomic E-state index is 13.2. The molecule has 2 heterocycles. The number of amides is 2. The third-order valence-corrected chi connectivity index (χ3v) is 5.44. The van der Waals surface area contributed by atoms with Gasteiger partial charge in [0, 0.05) is 37.3 Å². The van der Waals surface area contributed by atoms with E-state index in [9.17, 15) is 22.8 Å².